The summed E-state index contributed by atoms with van der Waals surface area (Å²) >= 11 is 0. The van der Waals surface area contributed by atoms with Crippen molar-refractivity contribution >= 4 is 11.6 Å². The Balaban J connectivity index is 2.13. The summed E-state index contributed by atoms with van der Waals surface area (Å²) in [7, 11) is 1.71. The first-order valence-electron chi connectivity index (χ1n) is 6.08. The van der Waals surface area contributed by atoms with Crippen molar-refractivity contribution in [1.82, 2.24) is 4.98 Å². The van der Waals surface area contributed by atoms with E-state index in [1.807, 2.05) is 18.2 Å². The molecule has 0 atom stereocenters. The summed E-state index contributed by atoms with van der Waals surface area (Å²) in [6, 6.07) is 9.44. The van der Waals surface area contributed by atoms with Gasteiger partial charge < -0.3 is 9.64 Å². The number of hydrogen-bond acceptors (Lipinski definition) is 4. The van der Waals surface area contributed by atoms with Gasteiger partial charge in [-0.3, -0.25) is 9.78 Å². The van der Waals surface area contributed by atoms with E-state index < -0.39 is 0 Å². The van der Waals surface area contributed by atoms with E-state index in [2.05, 4.69) is 11.1 Å². The number of pyridine rings is 1. The van der Waals surface area contributed by atoms with E-state index in [0.29, 0.717) is 17.0 Å². The molecule has 98 valence electrons. The van der Waals surface area contributed by atoms with Gasteiger partial charge in [-0.1, -0.05) is 6.07 Å². The molecular formula is C15H11N3O2. The van der Waals surface area contributed by atoms with Crippen LogP contribution in [0.3, 0.4) is 0 Å². The van der Waals surface area contributed by atoms with Crippen molar-refractivity contribution in [2.45, 2.75) is 0 Å². The Labute approximate surface area is 116 Å². The summed E-state index contributed by atoms with van der Waals surface area (Å²) in [4.78, 5) is 17.2. The van der Waals surface area contributed by atoms with Crippen LogP contribution in [0.2, 0.25) is 0 Å². The van der Waals surface area contributed by atoms with E-state index in [4.69, 9.17) is 10.00 Å². The molecule has 0 aliphatic carbocycles. The van der Waals surface area contributed by atoms with Gasteiger partial charge in [-0.2, -0.15) is 5.26 Å². The highest BCUT2D eigenvalue weighted by Gasteiger charge is 2.22. The van der Waals surface area contributed by atoms with Gasteiger partial charge in [0.05, 0.1) is 11.3 Å². The van der Waals surface area contributed by atoms with Crippen LogP contribution < -0.4 is 9.64 Å². The van der Waals surface area contributed by atoms with E-state index in [1.54, 1.807) is 24.2 Å². The van der Waals surface area contributed by atoms with Crippen LogP contribution in [0.1, 0.15) is 5.56 Å². The summed E-state index contributed by atoms with van der Waals surface area (Å²) in [5.74, 6) is 0.577. The number of likely N-dealkylation sites (N-methyl/N-ethyl adjacent to an activating group) is 1. The highest BCUT2D eigenvalue weighted by atomic mass is 16.5. The lowest BCUT2D eigenvalue weighted by Gasteiger charge is -2.26. The maximum atomic E-state index is 11.7. The number of hydrogen-bond donors (Lipinski definition) is 0. The fourth-order valence-corrected chi connectivity index (χ4v) is 2.18. The molecule has 1 aliphatic rings. The van der Waals surface area contributed by atoms with Gasteiger partial charge in [-0.15, -0.1) is 0 Å². The number of amides is 1. The molecular weight excluding hydrogens is 254 g/mol. The van der Waals surface area contributed by atoms with Crippen molar-refractivity contribution in [2.75, 3.05) is 18.6 Å². The van der Waals surface area contributed by atoms with Gasteiger partial charge in [0.2, 0.25) is 0 Å². The molecule has 5 heteroatoms. The molecule has 20 heavy (non-hydrogen) atoms. The topological polar surface area (TPSA) is 66.2 Å². The zero-order chi connectivity index (χ0) is 14.1. The third-order valence-electron chi connectivity index (χ3n) is 3.30. The van der Waals surface area contributed by atoms with E-state index in [-0.39, 0.29) is 12.5 Å². The largest absolute Gasteiger partial charge is 0.482 e. The van der Waals surface area contributed by atoms with Gasteiger partial charge in [0.15, 0.2) is 6.61 Å². The van der Waals surface area contributed by atoms with Crippen molar-refractivity contribution in [3.05, 3.63) is 42.2 Å². The van der Waals surface area contributed by atoms with Gasteiger partial charge in [-0.05, 0) is 23.8 Å². The van der Waals surface area contributed by atoms with Gasteiger partial charge in [0.1, 0.15) is 11.8 Å². The van der Waals surface area contributed by atoms with Crippen LogP contribution in [0.15, 0.2) is 36.7 Å². The monoisotopic (exact) mass is 265 g/mol. The first-order valence-corrected chi connectivity index (χ1v) is 6.08. The lowest BCUT2D eigenvalue weighted by Crippen LogP contribution is -2.35. The molecule has 0 spiro atoms. The van der Waals surface area contributed by atoms with Gasteiger partial charge in [0.25, 0.3) is 5.91 Å². The van der Waals surface area contributed by atoms with Crippen molar-refractivity contribution in [2.24, 2.45) is 0 Å². The van der Waals surface area contributed by atoms with Crippen molar-refractivity contribution < 1.29 is 9.53 Å². The van der Waals surface area contributed by atoms with Crippen LogP contribution in [0.25, 0.3) is 11.1 Å². The SMILES string of the molecule is CN1C(=O)COc2ccc(-c3ccncc3C#N)cc21. The number of carbonyl (C=O) groups excluding carboxylic acids is 1. The third-order valence-corrected chi connectivity index (χ3v) is 3.30. The second kappa shape index (κ2) is 4.67. The Kier molecular flexibility index (Phi) is 2.84. The standard InChI is InChI=1S/C15H11N3O2/c1-18-13-6-10(2-3-14(13)20-9-15(18)19)12-4-5-17-8-11(12)7-16/h2-6,8H,9H2,1H3. The fourth-order valence-electron chi connectivity index (χ4n) is 2.18. The van der Waals surface area contributed by atoms with Gasteiger partial charge in [-0.25, -0.2) is 0 Å². The Hall–Kier alpha value is -2.87. The van der Waals surface area contributed by atoms with Crippen LogP contribution in [0, 0.1) is 11.3 Å². The molecule has 0 fully saturated rings. The minimum Gasteiger partial charge on any atom is -0.482 e. The number of nitriles is 1. The van der Waals surface area contributed by atoms with Crippen LogP contribution >= 0.6 is 0 Å². The maximum Gasteiger partial charge on any atom is 0.264 e. The van der Waals surface area contributed by atoms with Crippen LogP contribution in [0.5, 0.6) is 5.75 Å². The summed E-state index contributed by atoms with van der Waals surface area (Å²) in [6.07, 6.45) is 3.17. The zero-order valence-electron chi connectivity index (χ0n) is 10.8. The van der Waals surface area contributed by atoms with Crippen LogP contribution in [-0.4, -0.2) is 24.5 Å². The first-order chi connectivity index (χ1) is 9.70. The minimum absolute atomic E-state index is 0.0571. The fraction of sp³-hybridized carbons (Fsp3) is 0.133. The predicted octanol–water partition coefficient (Wildman–Crippen LogP) is 1.98. The average Bonchev–Trinajstić information content (AvgIpc) is 2.51. The molecule has 2 heterocycles. The number of carbonyl (C=O) groups is 1. The molecule has 0 radical (unpaired) electrons. The second-order valence-electron chi connectivity index (χ2n) is 4.46. The Bertz CT molecular complexity index is 734. The quantitative estimate of drug-likeness (QED) is 0.790. The number of aromatic nitrogens is 1. The maximum absolute atomic E-state index is 11.7. The minimum atomic E-state index is -0.0927. The number of nitrogens with zero attached hydrogens (tertiary/aromatic N) is 3. The molecule has 1 amide bonds. The predicted molar refractivity (Wildman–Crippen MR) is 73.3 cm³/mol. The average molecular weight is 265 g/mol. The van der Waals surface area contributed by atoms with Gasteiger partial charge >= 0.3 is 0 Å². The third kappa shape index (κ3) is 1.88. The molecule has 2 aromatic rings. The van der Waals surface area contributed by atoms with Crippen molar-refractivity contribution in [1.29, 1.82) is 5.26 Å². The zero-order valence-corrected chi connectivity index (χ0v) is 10.8. The number of ether oxygens (including phenoxy) is 1. The number of rotatable bonds is 1. The molecule has 3 rings (SSSR count). The highest BCUT2D eigenvalue weighted by Crippen LogP contribution is 2.35. The molecule has 0 saturated heterocycles. The van der Waals surface area contributed by atoms with Crippen molar-refractivity contribution in [3.63, 3.8) is 0 Å². The summed E-state index contributed by atoms with van der Waals surface area (Å²) < 4.78 is 5.39. The molecule has 1 aromatic carbocycles. The lowest BCUT2D eigenvalue weighted by molar-refractivity contribution is -0.120. The number of anilines is 1. The smallest absolute Gasteiger partial charge is 0.264 e. The van der Waals surface area contributed by atoms with Gasteiger partial charge in [0, 0.05) is 25.0 Å². The molecule has 0 bridgehead atoms. The van der Waals surface area contributed by atoms with Crippen LogP contribution in [-0.2, 0) is 4.79 Å². The number of benzene rings is 1. The molecule has 0 unspecified atom stereocenters. The summed E-state index contributed by atoms with van der Waals surface area (Å²) in [5.41, 5.74) is 2.85. The first kappa shape index (κ1) is 12.2. The molecule has 1 aliphatic heterocycles. The number of fused-ring (bicyclic) bond motifs is 1. The Morgan fingerprint density at radius 1 is 1.40 bits per heavy atom. The van der Waals surface area contributed by atoms with E-state index in [1.165, 1.54) is 6.20 Å². The van der Waals surface area contributed by atoms with E-state index in [0.717, 1.165) is 11.1 Å². The van der Waals surface area contributed by atoms with E-state index >= 15 is 0 Å². The summed E-state index contributed by atoms with van der Waals surface area (Å²) in [6.45, 7) is 0.0571. The van der Waals surface area contributed by atoms with Crippen LogP contribution in [0.4, 0.5) is 5.69 Å². The molecule has 1 aromatic heterocycles. The Morgan fingerprint density at radius 3 is 3.05 bits per heavy atom. The lowest BCUT2D eigenvalue weighted by atomic mass is 10.0. The molecule has 0 N–H and O–H groups in total. The Morgan fingerprint density at radius 2 is 2.25 bits per heavy atom. The van der Waals surface area contributed by atoms with E-state index in [9.17, 15) is 4.79 Å². The second-order valence-corrected chi connectivity index (χ2v) is 4.46. The highest BCUT2D eigenvalue weighted by molar-refractivity contribution is 5.98. The molecule has 5 nitrogen and oxygen atoms in total. The normalized spacial score (nSPS) is 13.4. The summed E-state index contributed by atoms with van der Waals surface area (Å²) in [5, 5.41) is 9.13. The molecule has 0 saturated carbocycles. The van der Waals surface area contributed by atoms with Crippen molar-refractivity contribution in [3.8, 4) is 22.9 Å².